The van der Waals surface area contributed by atoms with Crippen molar-refractivity contribution < 1.29 is 9.59 Å². The minimum absolute atomic E-state index is 0.263. The van der Waals surface area contributed by atoms with Crippen LogP contribution in [0.3, 0.4) is 0 Å². The van der Waals surface area contributed by atoms with Crippen LogP contribution in [0.1, 0.15) is 64.5 Å². The number of amides is 2. The van der Waals surface area contributed by atoms with Crippen LogP contribution in [0.5, 0.6) is 0 Å². The first-order valence-electron chi connectivity index (χ1n) is 11.5. The Kier molecular flexibility index (Phi) is 5.98. The van der Waals surface area contributed by atoms with Gasteiger partial charge in [-0.1, -0.05) is 13.8 Å². The highest BCUT2D eigenvalue weighted by atomic mass is 16.2. The van der Waals surface area contributed by atoms with E-state index >= 15 is 0 Å². The number of hydrogen-bond acceptors (Lipinski definition) is 3. The van der Waals surface area contributed by atoms with Crippen molar-refractivity contribution in [2.75, 3.05) is 13.1 Å². The maximum Gasteiger partial charge on any atom is 0.223 e. The molecule has 29 heavy (non-hydrogen) atoms. The van der Waals surface area contributed by atoms with Crippen molar-refractivity contribution in [3.05, 3.63) is 18.0 Å². The van der Waals surface area contributed by atoms with Crippen molar-refractivity contribution in [1.29, 1.82) is 0 Å². The van der Waals surface area contributed by atoms with Gasteiger partial charge in [-0.2, -0.15) is 5.10 Å². The van der Waals surface area contributed by atoms with Crippen LogP contribution in [0.2, 0.25) is 0 Å². The standard InChI is InChI=1S/C23H36N4O2/c1-16(2)7-9-21-18-13-17(20-5-4-6-23(29)27(20)21)14-26(15-18)22(28)10-8-19-11-12-24-25(19)3/h11-12,16-18,20-21H,4-10,13-15H2,1-3H3/t17-,18+,20+,21+/m1/s1. The van der Waals surface area contributed by atoms with Crippen molar-refractivity contribution in [3.63, 3.8) is 0 Å². The number of aryl methyl sites for hydroxylation is 2. The van der Waals surface area contributed by atoms with Gasteiger partial charge in [-0.15, -0.1) is 0 Å². The SMILES string of the molecule is CC(C)CC[C@H]1[C@H]2C[C@H](CN(C(=O)CCc3ccnn3C)C2)[C@@H]2CCCC(=O)N21. The van der Waals surface area contributed by atoms with Gasteiger partial charge in [0.15, 0.2) is 0 Å². The molecule has 0 saturated carbocycles. The summed E-state index contributed by atoms with van der Waals surface area (Å²) in [6.45, 7) is 6.17. The number of carbonyl (C=O) groups is 2. The van der Waals surface area contributed by atoms with E-state index in [1.807, 2.05) is 17.8 Å². The summed E-state index contributed by atoms with van der Waals surface area (Å²) in [6.07, 6.45) is 9.31. The molecule has 4 atom stereocenters. The van der Waals surface area contributed by atoms with Crippen LogP contribution >= 0.6 is 0 Å². The van der Waals surface area contributed by atoms with E-state index in [0.717, 1.165) is 50.9 Å². The van der Waals surface area contributed by atoms with E-state index in [-0.39, 0.29) is 5.91 Å². The molecule has 6 nitrogen and oxygen atoms in total. The number of rotatable bonds is 6. The second-order valence-electron chi connectivity index (χ2n) is 9.80. The van der Waals surface area contributed by atoms with Crippen LogP contribution in [-0.2, 0) is 23.1 Å². The second-order valence-corrected chi connectivity index (χ2v) is 9.80. The van der Waals surface area contributed by atoms with Gasteiger partial charge in [0.25, 0.3) is 0 Å². The Bertz CT molecular complexity index is 743. The van der Waals surface area contributed by atoms with Gasteiger partial charge < -0.3 is 9.80 Å². The quantitative estimate of drug-likeness (QED) is 0.738. The highest BCUT2D eigenvalue weighted by Gasteiger charge is 2.49. The highest BCUT2D eigenvalue weighted by molar-refractivity contribution is 5.79. The summed E-state index contributed by atoms with van der Waals surface area (Å²) in [4.78, 5) is 30.3. The normalized spacial score (nSPS) is 29.3. The molecule has 3 saturated heterocycles. The first-order valence-corrected chi connectivity index (χ1v) is 11.5. The van der Waals surface area contributed by atoms with Crippen LogP contribution in [0.4, 0.5) is 0 Å². The molecular weight excluding hydrogens is 364 g/mol. The molecule has 1 aromatic heterocycles. The molecule has 0 radical (unpaired) electrons. The van der Waals surface area contributed by atoms with Gasteiger partial charge in [0.05, 0.1) is 0 Å². The average Bonchev–Trinajstić information content (AvgIpc) is 3.11. The largest absolute Gasteiger partial charge is 0.342 e. The fourth-order valence-corrected chi connectivity index (χ4v) is 5.89. The zero-order chi connectivity index (χ0) is 20.5. The van der Waals surface area contributed by atoms with Crippen molar-refractivity contribution in [3.8, 4) is 0 Å². The molecule has 2 amide bonds. The van der Waals surface area contributed by atoms with Crippen molar-refractivity contribution in [2.24, 2.45) is 24.8 Å². The predicted molar refractivity (Wildman–Crippen MR) is 112 cm³/mol. The van der Waals surface area contributed by atoms with Crippen molar-refractivity contribution >= 4 is 11.8 Å². The molecule has 3 fully saturated rings. The van der Waals surface area contributed by atoms with E-state index in [1.54, 1.807) is 6.20 Å². The van der Waals surface area contributed by atoms with Crippen LogP contribution in [0.25, 0.3) is 0 Å². The minimum Gasteiger partial charge on any atom is -0.342 e. The maximum atomic E-state index is 13.0. The molecule has 3 aliphatic rings. The molecule has 0 unspecified atom stereocenters. The molecule has 0 aliphatic carbocycles. The van der Waals surface area contributed by atoms with Crippen LogP contribution in [0, 0.1) is 17.8 Å². The number of carbonyl (C=O) groups excluding carboxylic acids is 2. The zero-order valence-electron chi connectivity index (χ0n) is 18.2. The van der Waals surface area contributed by atoms with Gasteiger partial charge in [-0.05, 0) is 62.3 Å². The van der Waals surface area contributed by atoms with Crippen LogP contribution in [-0.4, -0.2) is 56.6 Å². The average molecular weight is 401 g/mol. The first kappa shape index (κ1) is 20.4. The van der Waals surface area contributed by atoms with Crippen molar-refractivity contribution in [2.45, 2.75) is 77.3 Å². The number of nitrogens with zero attached hydrogens (tertiary/aromatic N) is 4. The Morgan fingerprint density at radius 2 is 2.07 bits per heavy atom. The van der Waals surface area contributed by atoms with Gasteiger partial charge >= 0.3 is 0 Å². The number of likely N-dealkylation sites (tertiary alicyclic amines) is 1. The number of hydrogen-bond donors (Lipinski definition) is 0. The van der Waals surface area contributed by atoms with E-state index in [0.29, 0.717) is 48.6 Å². The van der Waals surface area contributed by atoms with Gasteiger partial charge in [0, 0.05) is 57.0 Å². The molecule has 6 heteroatoms. The Morgan fingerprint density at radius 3 is 2.79 bits per heavy atom. The van der Waals surface area contributed by atoms with Crippen molar-refractivity contribution in [1.82, 2.24) is 19.6 Å². The summed E-state index contributed by atoms with van der Waals surface area (Å²) in [5.41, 5.74) is 1.11. The third kappa shape index (κ3) is 4.22. The van der Waals surface area contributed by atoms with E-state index in [1.165, 1.54) is 6.42 Å². The molecule has 2 bridgehead atoms. The highest BCUT2D eigenvalue weighted by Crippen LogP contribution is 2.43. The molecule has 0 aromatic carbocycles. The molecule has 1 aromatic rings. The molecule has 4 heterocycles. The Labute approximate surface area is 174 Å². The first-order chi connectivity index (χ1) is 13.9. The lowest BCUT2D eigenvalue weighted by Gasteiger charge is -2.57. The monoisotopic (exact) mass is 400 g/mol. The molecule has 4 rings (SSSR count). The second kappa shape index (κ2) is 8.49. The summed E-state index contributed by atoms with van der Waals surface area (Å²) < 4.78 is 1.85. The van der Waals surface area contributed by atoms with E-state index < -0.39 is 0 Å². The minimum atomic E-state index is 0.263. The lowest BCUT2D eigenvalue weighted by Crippen LogP contribution is -2.65. The third-order valence-electron chi connectivity index (χ3n) is 7.41. The summed E-state index contributed by atoms with van der Waals surface area (Å²) in [5, 5.41) is 4.20. The topological polar surface area (TPSA) is 58.4 Å². The zero-order valence-corrected chi connectivity index (χ0v) is 18.2. The molecule has 3 aliphatic heterocycles. The van der Waals surface area contributed by atoms with E-state index in [9.17, 15) is 9.59 Å². The summed E-state index contributed by atoms with van der Waals surface area (Å²) >= 11 is 0. The number of piperidine rings is 3. The molecule has 0 spiro atoms. The number of fused-ring (bicyclic) bond motifs is 4. The van der Waals surface area contributed by atoms with Gasteiger partial charge in [-0.25, -0.2) is 0 Å². The van der Waals surface area contributed by atoms with Gasteiger partial charge in [0.2, 0.25) is 11.8 Å². The molecular formula is C23H36N4O2. The smallest absolute Gasteiger partial charge is 0.223 e. The van der Waals surface area contributed by atoms with Gasteiger partial charge in [0.1, 0.15) is 0 Å². The Morgan fingerprint density at radius 1 is 1.28 bits per heavy atom. The Hall–Kier alpha value is -1.85. The maximum absolute atomic E-state index is 13.0. The fraction of sp³-hybridized carbons (Fsp3) is 0.783. The lowest BCUT2D eigenvalue weighted by molar-refractivity contribution is -0.156. The Balaban J connectivity index is 1.46. The predicted octanol–water partition coefficient (Wildman–Crippen LogP) is 3.02. The van der Waals surface area contributed by atoms with Gasteiger partial charge in [-0.3, -0.25) is 14.3 Å². The van der Waals surface area contributed by atoms with Crippen LogP contribution < -0.4 is 0 Å². The fourth-order valence-electron chi connectivity index (χ4n) is 5.89. The number of aromatic nitrogens is 2. The van der Waals surface area contributed by atoms with E-state index in [4.69, 9.17) is 0 Å². The van der Waals surface area contributed by atoms with Crippen LogP contribution in [0.15, 0.2) is 12.3 Å². The molecule has 0 N–H and O–H groups in total. The van der Waals surface area contributed by atoms with E-state index in [2.05, 4.69) is 28.7 Å². The lowest BCUT2D eigenvalue weighted by atomic mass is 9.70. The molecule has 160 valence electrons. The summed E-state index contributed by atoms with van der Waals surface area (Å²) in [6, 6.07) is 2.66. The summed E-state index contributed by atoms with van der Waals surface area (Å²) in [5.74, 6) is 2.16. The third-order valence-corrected chi connectivity index (χ3v) is 7.41. The summed E-state index contributed by atoms with van der Waals surface area (Å²) in [7, 11) is 1.93.